The van der Waals surface area contributed by atoms with Crippen molar-refractivity contribution in [3.63, 3.8) is 0 Å². The smallest absolute Gasteiger partial charge is 0.257 e. The second-order valence-electron chi connectivity index (χ2n) is 6.48. The number of aryl methyl sites for hydroxylation is 1. The molecule has 0 radical (unpaired) electrons. The average molecular weight is 349 g/mol. The van der Waals surface area contributed by atoms with Crippen LogP contribution < -0.4 is 5.32 Å². The first kappa shape index (κ1) is 16.3. The Hall–Kier alpha value is -3.22. The van der Waals surface area contributed by atoms with Crippen molar-refractivity contribution < 1.29 is 9.59 Å². The number of hydrogen-bond acceptors (Lipinski definition) is 4. The predicted molar refractivity (Wildman–Crippen MR) is 95.5 cm³/mol. The lowest BCUT2D eigenvalue weighted by Crippen LogP contribution is -2.37. The molecule has 2 aromatic heterocycles. The van der Waals surface area contributed by atoms with Crippen molar-refractivity contribution >= 4 is 17.5 Å². The first-order chi connectivity index (χ1) is 12.6. The molecule has 1 N–H and O–H groups in total. The number of carbonyl (C=O) groups is 2. The van der Waals surface area contributed by atoms with Gasteiger partial charge in [-0.15, -0.1) is 0 Å². The lowest BCUT2D eigenvalue weighted by Gasteiger charge is -2.17. The maximum absolute atomic E-state index is 12.7. The Kier molecular flexibility index (Phi) is 4.12. The molecule has 0 saturated carbocycles. The SMILES string of the molecule is Cc1nn2cccnc2c1C(=O)N[C@H]1CC(=O)N(Cc2ccccc2)C1. The highest BCUT2D eigenvalue weighted by Crippen LogP contribution is 2.17. The van der Waals surface area contributed by atoms with Crippen LogP contribution in [0, 0.1) is 6.92 Å². The van der Waals surface area contributed by atoms with Gasteiger partial charge in [0.05, 0.1) is 11.7 Å². The molecule has 1 saturated heterocycles. The van der Waals surface area contributed by atoms with Crippen molar-refractivity contribution in [2.45, 2.75) is 25.9 Å². The van der Waals surface area contributed by atoms with Crippen molar-refractivity contribution in [2.24, 2.45) is 0 Å². The van der Waals surface area contributed by atoms with Crippen molar-refractivity contribution in [2.75, 3.05) is 6.54 Å². The van der Waals surface area contributed by atoms with Gasteiger partial charge in [0.25, 0.3) is 5.91 Å². The van der Waals surface area contributed by atoms with E-state index in [4.69, 9.17) is 0 Å². The highest BCUT2D eigenvalue weighted by atomic mass is 16.2. The van der Waals surface area contributed by atoms with E-state index in [-0.39, 0.29) is 17.9 Å². The predicted octanol–water partition coefficient (Wildman–Crippen LogP) is 1.57. The fourth-order valence-electron chi connectivity index (χ4n) is 3.35. The van der Waals surface area contributed by atoms with E-state index in [0.29, 0.717) is 36.4 Å². The van der Waals surface area contributed by atoms with Gasteiger partial charge < -0.3 is 10.2 Å². The first-order valence-corrected chi connectivity index (χ1v) is 8.54. The highest BCUT2D eigenvalue weighted by Gasteiger charge is 2.31. The number of rotatable bonds is 4. The molecule has 3 aromatic rings. The van der Waals surface area contributed by atoms with Gasteiger partial charge in [-0.3, -0.25) is 9.59 Å². The van der Waals surface area contributed by atoms with Crippen LogP contribution in [-0.2, 0) is 11.3 Å². The van der Waals surface area contributed by atoms with Crippen molar-refractivity contribution in [3.8, 4) is 0 Å². The molecule has 0 bridgehead atoms. The molecule has 0 unspecified atom stereocenters. The van der Waals surface area contributed by atoms with Crippen LogP contribution in [0.1, 0.15) is 28.0 Å². The topological polar surface area (TPSA) is 79.6 Å². The van der Waals surface area contributed by atoms with Gasteiger partial charge >= 0.3 is 0 Å². The average Bonchev–Trinajstić information content (AvgIpc) is 3.14. The van der Waals surface area contributed by atoms with Crippen LogP contribution in [0.3, 0.4) is 0 Å². The van der Waals surface area contributed by atoms with Gasteiger partial charge in [-0.25, -0.2) is 9.50 Å². The third-order valence-corrected chi connectivity index (χ3v) is 4.56. The Labute approximate surface area is 150 Å². The van der Waals surface area contributed by atoms with Crippen LogP contribution in [0.15, 0.2) is 48.8 Å². The number of benzene rings is 1. The minimum atomic E-state index is -0.240. The minimum absolute atomic E-state index is 0.0499. The van der Waals surface area contributed by atoms with Gasteiger partial charge in [-0.2, -0.15) is 5.10 Å². The molecule has 132 valence electrons. The molecule has 1 fully saturated rings. The third kappa shape index (κ3) is 3.03. The zero-order valence-corrected chi connectivity index (χ0v) is 14.4. The summed E-state index contributed by atoms with van der Waals surface area (Å²) >= 11 is 0. The van der Waals surface area contributed by atoms with E-state index >= 15 is 0 Å². The van der Waals surface area contributed by atoms with Crippen molar-refractivity contribution in [3.05, 3.63) is 65.6 Å². The van der Waals surface area contributed by atoms with Crippen LogP contribution in [-0.4, -0.2) is 43.9 Å². The number of amides is 2. The monoisotopic (exact) mass is 349 g/mol. The Morgan fingerprint density at radius 2 is 2.08 bits per heavy atom. The standard InChI is InChI=1S/C19H19N5O2/c1-13-17(18-20-8-5-9-24(18)22-13)19(26)21-15-10-16(25)23(12-15)11-14-6-3-2-4-7-14/h2-9,15H,10-12H2,1H3,(H,21,26)/t15-/m0/s1. The van der Waals surface area contributed by atoms with E-state index in [1.54, 1.807) is 34.8 Å². The largest absolute Gasteiger partial charge is 0.347 e. The molecule has 26 heavy (non-hydrogen) atoms. The zero-order chi connectivity index (χ0) is 18.1. The van der Waals surface area contributed by atoms with Crippen LogP contribution >= 0.6 is 0 Å². The highest BCUT2D eigenvalue weighted by molar-refractivity contribution is 6.01. The van der Waals surface area contributed by atoms with Gasteiger partial charge in [0, 0.05) is 31.9 Å². The second kappa shape index (κ2) is 6.59. The number of carbonyl (C=O) groups excluding carboxylic acids is 2. The molecular formula is C19H19N5O2. The summed E-state index contributed by atoms with van der Waals surface area (Å²) in [4.78, 5) is 31.0. The summed E-state index contributed by atoms with van der Waals surface area (Å²) in [6.45, 7) is 2.85. The van der Waals surface area contributed by atoms with Gasteiger partial charge in [-0.1, -0.05) is 30.3 Å². The maximum Gasteiger partial charge on any atom is 0.257 e. The molecule has 1 aliphatic heterocycles. The summed E-state index contributed by atoms with van der Waals surface area (Å²) < 4.78 is 1.59. The fourth-order valence-corrected chi connectivity index (χ4v) is 3.35. The quantitative estimate of drug-likeness (QED) is 0.775. The molecule has 0 aliphatic carbocycles. The van der Waals surface area contributed by atoms with E-state index < -0.39 is 0 Å². The Balaban J connectivity index is 1.47. The molecule has 7 heteroatoms. The summed E-state index contributed by atoms with van der Waals surface area (Å²) in [7, 11) is 0. The molecule has 7 nitrogen and oxygen atoms in total. The van der Waals surface area contributed by atoms with Crippen LogP contribution in [0.25, 0.3) is 5.65 Å². The summed E-state index contributed by atoms with van der Waals surface area (Å²) in [5.41, 5.74) is 2.68. The molecular weight excluding hydrogens is 330 g/mol. The zero-order valence-electron chi connectivity index (χ0n) is 14.4. The Bertz CT molecular complexity index is 966. The molecule has 1 atom stereocenters. The lowest BCUT2D eigenvalue weighted by atomic mass is 10.2. The number of nitrogens with zero attached hydrogens (tertiary/aromatic N) is 4. The van der Waals surface area contributed by atoms with Crippen molar-refractivity contribution in [1.82, 2.24) is 24.8 Å². The molecule has 2 amide bonds. The molecule has 0 spiro atoms. The Morgan fingerprint density at radius 3 is 2.88 bits per heavy atom. The van der Waals surface area contributed by atoms with E-state index in [1.165, 1.54) is 0 Å². The first-order valence-electron chi connectivity index (χ1n) is 8.54. The number of fused-ring (bicyclic) bond motifs is 1. The van der Waals surface area contributed by atoms with Crippen molar-refractivity contribution in [1.29, 1.82) is 0 Å². The van der Waals surface area contributed by atoms with Gasteiger partial charge in [0.15, 0.2) is 5.65 Å². The number of likely N-dealkylation sites (tertiary alicyclic amines) is 1. The van der Waals surface area contributed by atoms with Gasteiger partial charge in [-0.05, 0) is 18.6 Å². The summed E-state index contributed by atoms with van der Waals surface area (Å²) in [5.74, 6) is -0.190. The Morgan fingerprint density at radius 1 is 1.27 bits per heavy atom. The number of nitrogens with one attached hydrogen (secondary N) is 1. The van der Waals surface area contributed by atoms with Gasteiger partial charge in [0.2, 0.25) is 5.91 Å². The minimum Gasteiger partial charge on any atom is -0.347 e. The van der Waals surface area contributed by atoms with Crippen LogP contribution in [0.4, 0.5) is 0 Å². The van der Waals surface area contributed by atoms with E-state index in [1.807, 2.05) is 30.3 Å². The molecule has 3 heterocycles. The summed E-state index contributed by atoms with van der Waals surface area (Å²) in [6, 6.07) is 11.4. The van der Waals surface area contributed by atoms with Crippen LogP contribution in [0.2, 0.25) is 0 Å². The van der Waals surface area contributed by atoms with E-state index in [2.05, 4.69) is 15.4 Å². The fraction of sp³-hybridized carbons (Fsp3) is 0.263. The van der Waals surface area contributed by atoms with Crippen LogP contribution in [0.5, 0.6) is 0 Å². The number of hydrogen-bond donors (Lipinski definition) is 1. The molecule has 4 rings (SSSR count). The van der Waals surface area contributed by atoms with Gasteiger partial charge in [0.1, 0.15) is 5.56 Å². The normalized spacial score (nSPS) is 17.0. The molecule has 1 aliphatic rings. The lowest BCUT2D eigenvalue weighted by molar-refractivity contribution is -0.128. The number of aromatic nitrogens is 3. The van der Waals surface area contributed by atoms with E-state index in [0.717, 1.165) is 5.56 Å². The summed E-state index contributed by atoms with van der Waals surface area (Å²) in [5, 5.41) is 7.28. The maximum atomic E-state index is 12.7. The third-order valence-electron chi connectivity index (χ3n) is 4.56. The second-order valence-corrected chi connectivity index (χ2v) is 6.48. The summed E-state index contributed by atoms with van der Waals surface area (Å²) in [6.07, 6.45) is 3.70. The molecule has 1 aromatic carbocycles. The van der Waals surface area contributed by atoms with E-state index in [9.17, 15) is 9.59 Å².